The second-order valence-electron chi connectivity index (χ2n) is 6.45. The average molecular weight is 404 g/mol. The number of furan rings is 1. The Labute approximate surface area is 165 Å². The number of carbonyl (C=O) groups excluding carboxylic acids is 1. The highest BCUT2D eigenvalue weighted by Crippen LogP contribution is 2.40. The van der Waals surface area contributed by atoms with Gasteiger partial charge < -0.3 is 4.42 Å². The molecule has 3 aromatic rings. The van der Waals surface area contributed by atoms with Crippen LogP contribution < -0.4 is 4.90 Å². The standard InChI is InChI=1S/C18H21N5O2S2/c1-3-22(12(2)24)17-19-14(10-26-17)11-27-18-21-20-16(13-6-7-13)23(18)9-15-5-4-8-25-15/h4-5,8,10,13H,3,6-7,9,11H2,1-2H3. The van der Waals surface area contributed by atoms with Crippen molar-refractivity contribution in [2.24, 2.45) is 0 Å². The SMILES string of the molecule is CCN(C(C)=O)c1nc(CSc2nnc(C3CC3)n2Cc2ccco2)cs1. The highest BCUT2D eigenvalue weighted by atomic mass is 32.2. The number of hydrogen-bond donors (Lipinski definition) is 0. The summed E-state index contributed by atoms with van der Waals surface area (Å²) in [5.74, 6) is 3.16. The highest BCUT2D eigenvalue weighted by Gasteiger charge is 2.30. The molecule has 0 spiro atoms. The van der Waals surface area contributed by atoms with Crippen molar-refractivity contribution in [1.29, 1.82) is 0 Å². The van der Waals surface area contributed by atoms with Crippen LogP contribution in [0.15, 0.2) is 33.3 Å². The molecule has 0 aliphatic heterocycles. The molecule has 0 atom stereocenters. The van der Waals surface area contributed by atoms with Gasteiger partial charge in [0.1, 0.15) is 11.6 Å². The number of anilines is 1. The smallest absolute Gasteiger partial charge is 0.225 e. The maximum atomic E-state index is 11.7. The molecule has 3 heterocycles. The zero-order valence-corrected chi connectivity index (χ0v) is 16.9. The van der Waals surface area contributed by atoms with E-state index < -0.39 is 0 Å². The fourth-order valence-corrected chi connectivity index (χ4v) is 4.75. The molecule has 0 bridgehead atoms. The largest absolute Gasteiger partial charge is 0.467 e. The lowest BCUT2D eigenvalue weighted by Gasteiger charge is -2.14. The highest BCUT2D eigenvalue weighted by molar-refractivity contribution is 7.98. The Morgan fingerprint density at radius 1 is 1.44 bits per heavy atom. The maximum absolute atomic E-state index is 11.7. The van der Waals surface area contributed by atoms with Crippen LogP contribution in [0, 0.1) is 0 Å². The zero-order valence-electron chi connectivity index (χ0n) is 15.3. The van der Waals surface area contributed by atoms with Crippen molar-refractivity contribution in [1.82, 2.24) is 19.7 Å². The predicted molar refractivity (Wildman–Crippen MR) is 105 cm³/mol. The molecule has 0 radical (unpaired) electrons. The summed E-state index contributed by atoms with van der Waals surface area (Å²) < 4.78 is 7.67. The normalized spacial score (nSPS) is 13.9. The van der Waals surface area contributed by atoms with Crippen LogP contribution in [0.25, 0.3) is 0 Å². The third kappa shape index (κ3) is 4.08. The molecule has 27 heavy (non-hydrogen) atoms. The first-order valence-electron chi connectivity index (χ1n) is 8.96. The van der Waals surface area contributed by atoms with Crippen LogP contribution in [0.2, 0.25) is 0 Å². The Morgan fingerprint density at radius 3 is 2.96 bits per heavy atom. The number of rotatable bonds is 8. The van der Waals surface area contributed by atoms with E-state index in [-0.39, 0.29) is 5.91 Å². The summed E-state index contributed by atoms with van der Waals surface area (Å²) in [6.07, 6.45) is 4.04. The van der Waals surface area contributed by atoms with Crippen LogP contribution in [-0.4, -0.2) is 32.2 Å². The number of amides is 1. The van der Waals surface area contributed by atoms with Crippen LogP contribution in [0.1, 0.15) is 49.9 Å². The molecule has 1 fully saturated rings. The van der Waals surface area contributed by atoms with E-state index in [1.54, 1.807) is 29.8 Å². The van der Waals surface area contributed by atoms with Crippen molar-refractivity contribution < 1.29 is 9.21 Å². The summed E-state index contributed by atoms with van der Waals surface area (Å²) in [5, 5.41) is 12.5. The van der Waals surface area contributed by atoms with E-state index in [4.69, 9.17) is 4.42 Å². The summed E-state index contributed by atoms with van der Waals surface area (Å²) in [6, 6.07) is 3.87. The molecular formula is C18H21N5O2S2. The average Bonchev–Trinajstić information content (AvgIpc) is 3.04. The number of thioether (sulfide) groups is 1. The van der Waals surface area contributed by atoms with E-state index in [0.29, 0.717) is 24.8 Å². The molecule has 4 rings (SSSR count). The monoisotopic (exact) mass is 403 g/mol. The minimum Gasteiger partial charge on any atom is -0.467 e. The van der Waals surface area contributed by atoms with Gasteiger partial charge in [0.2, 0.25) is 5.91 Å². The molecule has 0 saturated heterocycles. The van der Waals surface area contributed by atoms with Gasteiger partial charge in [-0.05, 0) is 31.9 Å². The second kappa shape index (κ2) is 7.85. The molecule has 0 N–H and O–H groups in total. The van der Waals surface area contributed by atoms with Gasteiger partial charge in [-0.25, -0.2) is 4.98 Å². The van der Waals surface area contributed by atoms with E-state index in [2.05, 4.69) is 19.7 Å². The Kier molecular flexibility index (Phi) is 5.31. The van der Waals surface area contributed by atoms with Gasteiger partial charge in [0.05, 0.1) is 18.5 Å². The quantitative estimate of drug-likeness (QED) is 0.531. The summed E-state index contributed by atoms with van der Waals surface area (Å²) in [7, 11) is 0. The zero-order chi connectivity index (χ0) is 18.8. The Bertz CT molecular complexity index is 914. The Hall–Kier alpha value is -2.13. The van der Waals surface area contributed by atoms with Crippen molar-refractivity contribution in [2.75, 3.05) is 11.4 Å². The number of hydrogen-bond acceptors (Lipinski definition) is 7. The maximum Gasteiger partial charge on any atom is 0.225 e. The van der Waals surface area contributed by atoms with E-state index >= 15 is 0 Å². The first kappa shape index (κ1) is 18.2. The third-order valence-corrected chi connectivity index (χ3v) is 6.31. The minimum atomic E-state index is 0.0123. The Morgan fingerprint density at radius 2 is 2.30 bits per heavy atom. The van der Waals surface area contributed by atoms with E-state index in [1.165, 1.54) is 24.2 Å². The van der Waals surface area contributed by atoms with Crippen molar-refractivity contribution in [2.45, 2.75) is 50.1 Å². The fourth-order valence-electron chi connectivity index (χ4n) is 2.87. The Balaban J connectivity index is 1.48. The summed E-state index contributed by atoms with van der Waals surface area (Å²) in [4.78, 5) is 18.0. The van der Waals surface area contributed by atoms with Crippen molar-refractivity contribution >= 4 is 34.1 Å². The number of thiazole rings is 1. The van der Waals surface area contributed by atoms with Crippen LogP contribution in [0.5, 0.6) is 0 Å². The van der Waals surface area contributed by atoms with E-state index in [0.717, 1.165) is 27.6 Å². The number of nitrogens with zero attached hydrogens (tertiary/aromatic N) is 5. The lowest BCUT2D eigenvalue weighted by molar-refractivity contribution is -0.116. The summed E-state index contributed by atoms with van der Waals surface area (Å²) in [5.41, 5.74) is 0.945. The third-order valence-electron chi connectivity index (χ3n) is 4.40. The van der Waals surface area contributed by atoms with Crippen molar-refractivity contribution in [3.63, 3.8) is 0 Å². The minimum absolute atomic E-state index is 0.0123. The van der Waals surface area contributed by atoms with Gasteiger partial charge in [0.15, 0.2) is 10.3 Å². The van der Waals surface area contributed by atoms with Gasteiger partial charge in [0.25, 0.3) is 0 Å². The number of aromatic nitrogens is 4. The van der Waals surface area contributed by atoms with Crippen molar-refractivity contribution in [3.05, 3.63) is 41.1 Å². The van der Waals surface area contributed by atoms with Gasteiger partial charge in [0, 0.05) is 30.5 Å². The van der Waals surface area contributed by atoms with Gasteiger partial charge in [-0.15, -0.1) is 21.5 Å². The molecule has 1 saturated carbocycles. The molecular weight excluding hydrogens is 382 g/mol. The molecule has 9 heteroatoms. The second-order valence-corrected chi connectivity index (χ2v) is 8.23. The molecule has 0 aromatic carbocycles. The van der Waals surface area contributed by atoms with Crippen LogP contribution in [0.4, 0.5) is 5.13 Å². The molecule has 1 aliphatic carbocycles. The van der Waals surface area contributed by atoms with Crippen LogP contribution >= 0.6 is 23.1 Å². The fraction of sp³-hybridized carbons (Fsp3) is 0.444. The lowest BCUT2D eigenvalue weighted by Crippen LogP contribution is -2.27. The number of carbonyl (C=O) groups is 1. The topological polar surface area (TPSA) is 77.1 Å². The van der Waals surface area contributed by atoms with Gasteiger partial charge in [-0.1, -0.05) is 11.8 Å². The molecule has 142 valence electrons. The molecule has 1 amide bonds. The van der Waals surface area contributed by atoms with Crippen molar-refractivity contribution in [3.8, 4) is 0 Å². The molecule has 3 aromatic heterocycles. The van der Waals surface area contributed by atoms with E-state index in [1.807, 2.05) is 24.4 Å². The van der Waals surface area contributed by atoms with Crippen LogP contribution in [-0.2, 0) is 17.1 Å². The first-order chi connectivity index (χ1) is 13.2. The molecule has 7 nitrogen and oxygen atoms in total. The first-order valence-corrected chi connectivity index (χ1v) is 10.8. The lowest BCUT2D eigenvalue weighted by atomic mass is 10.3. The molecule has 0 unspecified atom stereocenters. The van der Waals surface area contributed by atoms with Gasteiger partial charge >= 0.3 is 0 Å². The van der Waals surface area contributed by atoms with E-state index in [9.17, 15) is 4.79 Å². The molecule has 1 aliphatic rings. The van der Waals surface area contributed by atoms with Gasteiger partial charge in [-0.2, -0.15) is 0 Å². The summed E-state index contributed by atoms with van der Waals surface area (Å²) >= 11 is 3.11. The van der Waals surface area contributed by atoms with Gasteiger partial charge in [-0.3, -0.25) is 14.3 Å². The van der Waals surface area contributed by atoms with Crippen LogP contribution in [0.3, 0.4) is 0 Å². The summed E-state index contributed by atoms with van der Waals surface area (Å²) in [6.45, 7) is 4.78. The predicted octanol–water partition coefficient (Wildman–Crippen LogP) is 3.92.